The summed E-state index contributed by atoms with van der Waals surface area (Å²) in [6, 6.07) is 5.28. The Morgan fingerprint density at radius 3 is 2.75 bits per heavy atom. The van der Waals surface area contributed by atoms with Crippen molar-refractivity contribution in [3.05, 3.63) is 45.4 Å². The maximum atomic E-state index is 13.3. The number of halogens is 2. The van der Waals surface area contributed by atoms with Crippen LogP contribution in [-0.4, -0.2) is 15.5 Å². The first kappa shape index (κ1) is 15.2. The molecule has 2 aromatic rings. The number of hydrogen-bond donors (Lipinski definition) is 2. The molecule has 0 aliphatic carbocycles. The van der Waals surface area contributed by atoms with E-state index in [1.807, 2.05) is 0 Å². The van der Waals surface area contributed by atoms with Crippen molar-refractivity contribution in [3.8, 4) is 0 Å². The van der Waals surface area contributed by atoms with Crippen molar-refractivity contribution in [2.45, 2.75) is 11.4 Å². The molecule has 0 unspecified atom stereocenters. The molecule has 0 saturated carbocycles. The van der Waals surface area contributed by atoms with Crippen molar-refractivity contribution in [1.29, 1.82) is 0 Å². The molecule has 1 heterocycles. The Hall–Kier alpha value is -1.15. The van der Waals surface area contributed by atoms with Crippen LogP contribution in [0, 0.1) is 5.82 Å². The van der Waals surface area contributed by atoms with Gasteiger partial charge in [-0.3, -0.25) is 4.72 Å². The monoisotopic (exact) mass is 334 g/mol. The minimum Gasteiger partial charge on any atom is -0.315 e. The highest BCUT2D eigenvalue weighted by Crippen LogP contribution is 2.25. The van der Waals surface area contributed by atoms with Gasteiger partial charge in [0.1, 0.15) is 10.7 Å². The van der Waals surface area contributed by atoms with Crippen molar-refractivity contribution < 1.29 is 12.8 Å². The first-order chi connectivity index (χ1) is 9.44. The van der Waals surface area contributed by atoms with E-state index >= 15 is 0 Å². The molecule has 0 bridgehead atoms. The zero-order chi connectivity index (χ0) is 14.8. The minimum absolute atomic E-state index is 0.0562. The molecule has 0 saturated heterocycles. The Morgan fingerprint density at radius 2 is 2.10 bits per heavy atom. The minimum atomic E-state index is -3.74. The quantitative estimate of drug-likeness (QED) is 0.883. The number of anilines is 1. The number of nitrogens with one attached hydrogen (secondary N) is 2. The van der Waals surface area contributed by atoms with E-state index in [4.69, 9.17) is 11.6 Å². The lowest BCUT2D eigenvalue weighted by Crippen LogP contribution is -2.15. The molecular weight excluding hydrogens is 323 g/mol. The van der Waals surface area contributed by atoms with Crippen LogP contribution in [0.1, 0.15) is 4.88 Å². The lowest BCUT2D eigenvalue weighted by molar-refractivity contribution is 0.600. The fourth-order valence-electron chi connectivity index (χ4n) is 1.63. The van der Waals surface area contributed by atoms with Crippen LogP contribution in [-0.2, 0) is 16.6 Å². The zero-order valence-electron chi connectivity index (χ0n) is 10.5. The van der Waals surface area contributed by atoms with Crippen molar-refractivity contribution in [3.63, 3.8) is 0 Å². The van der Waals surface area contributed by atoms with Crippen LogP contribution >= 0.6 is 22.9 Å². The van der Waals surface area contributed by atoms with Crippen LogP contribution in [0.4, 0.5) is 10.1 Å². The first-order valence-corrected chi connectivity index (χ1v) is 8.37. The standard InChI is InChI=1S/C12H12ClFN2O2S2/c1-15-7-11-12(4-5-19-11)20(17,18)16-8-2-3-9(13)10(14)6-8/h2-6,15-16H,7H2,1H3. The molecule has 4 nitrogen and oxygen atoms in total. The van der Waals surface area contributed by atoms with E-state index in [9.17, 15) is 12.8 Å². The molecule has 0 aliphatic heterocycles. The average molecular weight is 335 g/mol. The Bertz CT molecular complexity index is 716. The van der Waals surface area contributed by atoms with Crippen molar-refractivity contribution in [1.82, 2.24) is 5.32 Å². The molecule has 2 N–H and O–H groups in total. The third kappa shape index (κ3) is 3.29. The van der Waals surface area contributed by atoms with Gasteiger partial charge in [0.05, 0.1) is 10.7 Å². The molecular formula is C12H12ClFN2O2S2. The zero-order valence-corrected chi connectivity index (χ0v) is 12.9. The molecule has 2 rings (SSSR count). The van der Waals surface area contributed by atoms with Gasteiger partial charge >= 0.3 is 0 Å². The summed E-state index contributed by atoms with van der Waals surface area (Å²) in [5, 5.41) is 4.55. The van der Waals surface area contributed by atoms with Gasteiger partial charge in [-0.05, 0) is 36.7 Å². The van der Waals surface area contributed by atoms with Gasteiger partial charge in [0.2, 0.25) is 0 Å². The predicted octanol–water partition coefficient (Wildman–Crippen LogP) is 3.06. The maximum Gasteiger partial charge on any atom is 0.263 e. The van der Waals surface area contributed by atoms with Gasteiger partial charge in [-0.15, -0.1) is 11.3 Å². The fraction of sp³-hybridized carbons (Fsp3) is 0.167. The van der Waals surface area contributed by atoms with E-state index in [2.05, 4.69) is 10.0 Å². The molecule has 0 radical (unpaired) electrons. The van der Waals surface area contributed by atoms with Gasteiger partial charge in [-0.2, -0.15) is 0 Å². The van der Waals surface area contributed by atoms with Crippen LogP contribution in [0.5, 0.6) is 0 Å². The molecule has 108 valence electrons. The predicted molar refractivity (Wildman–Crippen MR) is 79.3 cm³/mol. The van der Waals surface area contributed by atoms with Gasteiger partial charge in [-0.25, -0.2) is 12.8 Å². The molecule has 0 atom stereocenters. The van der Waals surface area contributed by atoms with E-state index < -0.39 is 15.8 Å². The summed E-state index contributed by atoms with van der Waals surface area (Å²) >= 11 is 6.90. The van der Waals surface area contributed by atoms with Gasteiger partial charge in [0, 0.05) is 11.4 Å². The van der Waals surface area contributed by atoms with E-state index in [0.717, 1.165) is 6.07 Å². The Kier molecular flexibility index (Phi) is 4.64. The van der Waals surface area contributed by atoms with Gasteiger partial charge in [-0.1, -0.05) is 11.6 Å². The van der Waals surface area contributed by atoms with E-state index in [0.29, 0.717) is 11.4 Å². The highest BCUT2D eigenvalue weighted by Gasteiger charge is 2.19. The van der Waals surface area contributed by atoms with Crippen molar-refractivity contribution in [2.24, 2.45) is 0 Å². The first-order valence-electron chi connectivity index (χ1n) is 5.63. The van der Waals surface area contributed by atoms with Gasteiger partial charge in [0.25, 0.3) is 10.0 Å². The topological polar surface area (TPSA) is 58.2 Å². The third-order valence-corrected chi connectivity index (χ3v) is 5.33. The fourth-order valence-corrected chi connectivity index (χ4v) is 4.25. The van der Waals surface area contributed by atoms with Gasteiger partial charge in [0.15, 0.2) is 0 Å². The number of sulfonamides is 1. The lowest BCUT2D eigenvalue weighted by Gasteiger charge is -2.09. The second kappa shape index (κ2) is 6.09. The Morgan fingerprint density at radius 1 is 1.35 bits per heavy atom. The second-order valence-electron chi connectivity index (χ2n) is 3.97. The largest absolute Gasteiger partial charge is 0.315 e. The van der Waals surface area contributed by atoms with Crippen LogP contribution in [0.15, 0.2) is 34.5 Å². The summed E-state index contributed by atoms with van der Waals surface area (Å²) in [5.41, 5.74) is 0.133. The number of hydrogen-bond acceptors (Lipinski definition) is 4. The highest BCUT2D eigenvalue weighted by molar-refractivity contribution is 7.93. The Labute approximate surface area is 125 Å². The van der Waals surface area contributed by atoms with Crippen molar-refractivity contribution in [2.75, 3.05) is 11.8 Å². The number of thiophene rings is 1. The second-order valence-corrected chi connectivity index (χ2v) is 7.03. The normalized spacial score (nSPS) is 11.6. The molecule has 0 aliphatic rings. The highest BCUT2D eigenvalue weighted by atomic mass is 35.5. The summed E-state index contributed by atoms with van der Waals surface area (Å²) < 4.78 is 40.2. The van der Waals surface area contributed by atoms with Crippen LogP contribution in [0.2, 0.25) is 5.02 Å². The summed E-state index contributed by atoms with van der Waals surface area (Å²) in [5.74, 6) is -0.673. The van der Waals surface area contributed by atoms with Crippen LogP contribution in [0.3, 0.4) is 0 Å². The van der Waals surface area contributed by atoms with Crippen LogP contribution in [0.25, 0.3) is 0 Å². The van der Waals surface area contributed by atoms with Crippen molar-refractivity contribution >= 4 is 38.6 Å². The SMILES string of the molecule is CNCc1sccc1S(=O)(=O)Nc1ccc(Cl)c(F)c1. The van der Waals surface area contributed by atoms with Gasteiger partial charge < -0.3 is 5.32 Å². The average Bonchev–Trinajstić information content (AvgIpc) is 2.83. The molecule has 0 spiro atoms. The third-order valence-electron chi connectivity index (χ3n) is 2.50. The maximum absolute atomic E-state index is 13.3. The smallest absolute Gasteiger partial charge is 0.263 e. The number of benzene rings is 1. The van der Waals surface area contributed by atoms with E-state index in [1.54, 1.807) is 12.4 Å². The lowest BCUT2D eigenvalue weighted by atomic mass is 10.3. The molecule has 0 fully saturated rings. The van der Waals surface area contributed by atoms with E-state index in [-0.39, 0.29) is 15.6 Å². The molecule has 1 aromatic heterocycles. The molecule has 8 heteroatoms. The summed E-state index contributed by atoms with van der Waals surface area (Å²) in [7, 11) is -2.01. The molecule has 1 aromatic carbocycles. The summed E-state index contributed by atoms with van der Waals surface area (Å²) in [6.07, 6.45) is 0. The van der Waals surface area contributed by atoms with E-state index in [1.165, 1.54) is 29.5 Å². The molecule has 20 heavy (non-hydrogen) atoms. The van der Waals surface area contributed by atoms with Crippen LogP contribution < -0.4 is 10.0 Å². The molecule has 0 amide bonds. The summed E-state index contributed by atoms with van der Waals surface area (Å²) in [4.78, 5) is 0.877. The number of rotatable bonds is 5. The Balaban J connectivity index is 2.30. The summed E-state index contributed by atoms with van der Waals surface area (Å²) in [6.45, 7) is 0.447.